The molecule has 0 aromatic carbocycles. The predicted molar refractivity (Wildman–Crippen MR) is 80.0 cm³/mol. The quantitative estimate of drug-likeness (QED) is 0.903. The molecule has 1 atom stereocenters. The van der Waals surface area contributed by atoms with E-state index >= 15 is 0 Å². The SMILES string of the molecule is O=C(NCc1ccco1)[C@@H]1COCC(=O)N1Cc1cccs1. The van der Waals surface area contributed by atoms with Gasteiger partial charge in [-0.15, -0.1) is 11.3 Å². The Balaban J connectivity index is 1.65. The van der Waals surface area contributed by atoms with Crippen molar-refractivity contribution >= 4 is 23.2 Å². The van der Waals surface area contributed by atoms with Crippen LogP contribution >= 0.6 is 11.3 Å². The molecule has 22 heavy (non-hydrogen) atoms. The Kier molecular flexibility index (Phi) is 4.55. The summed E-state index contributed by atoms with van der Waals surface area (Å²) in [6.45, 7) is 0.955. The van der Waals surface area contributed by atoms with Crippen molar-refractivity contribution in [3.8, 4) is 0 Å². The lowest BCUT2D eigenvalue weighted by atomic mass is 10.2. The standard InChI is InChI=1S/C15H16N2O4S/c18-14-10-20-9-13(17(14)8-12-4-2-6-22-12)15(19)16-7-11-3-1-5-21-11/h1-6,13H,7-10H2,(H,16,19)/t13-/m0/s1. The Bertz CT molecular complexity index is 624. The molecular weight excluding hydrogens is 304 g/mol. The molecule has 7 heteroatoms. The number of carbonyl (C=O) groups is 2. The summed E-state index contributed by atoms with van der Waals surface area (Å²) in [5.41, 5.74) is 0. The summed E-state index contributed by atoms with van der Waals surface area (Å²) in [7, 11) is 0. The van der Waals surface area contributed by atoms with Crippen molar-refractivity contribution in [1.82, 2.24) is 10.2 Å². The summed E-state index contributed by atoms with van der Waals surface area (Å²) in [6, 6.07) is 6.81. The molecule has 1 saturated heterocycles. The van der Waals surface area contributed by atoms with E-state index in [1.807, 2.05) is 17.5 Å². The van der Waals surface area contributed by atoms with Crippen LogP contribution < -0.4 is 5.32 Å². The number of amides is 2. The molecule has 2 aromatic heterocycles. The Labute approximate surface area is 131 Å². The topological polar surface area (TPSA) is 71.8 Å². The highest BCUT2D eigenvalue weighted by Gasteiger charge is 2.34. The van der Waals surface area contributed by atoms with Crippen molar-refractivity contribution < 1.29 is 18.7 Å². The van der Waals surface area contributed by atoms with Crippen LogP contribution in [0.1, 0.15) is 10.6 Å². The molecule has 116 valence electrons. The molecule has 0 spiro atoms. The van der Waals surface area contributed by atoms with Crippen LogP contribution in [-0.2, 0) is 27.4 Å². The molecule has 6 nitrogen and oxygen atoms in total. The van der Waals surface area contributed by atoms with Crippen LogP contribution in [0.5, 0.6) is 0 Å². The summed E-state index contributed by atoms with van der Waals surface area (Å²) in [6.07, 6.45) is 1.55. The highest BCUT2D eigenvalue weighted by atomic mass is 32.1. The average Bonchev–Trinajstić information content (AvgIpc) is 3.20. The zero-order valence-corrected chi connectivity index (χ0v) is 12.7. The van der Waals surface area contributed by atoms with Gasteiger partial charge in [-0.3, -0.25) is 9.59 Å². The van der Waals surface area contributed by atoms with Crippen LogP contribution in [0.2, 0.25) is 0 Å². The minimum atomic E-state index is -0.613. The van der Waals surface area contributed by atoms with Gasteiger partial charge in [0.15, 0.2) is 0 Å². The van der Waals surface area contributed by atoms with Crippen molar-refractivity contribution in [2.45, 2.75) is 19.1 Å². The molecule has 0 radical (unpaired) electrons. The maximum atomic E-state index is 12.4. The normalized spacial score (nSPS) is 18.5. The summed E-state index contributed by atoms with van der Waals surface area (Å²) in [4.78, 5) is 27.0. The summed E-state index contributed by atoms with van der Waals surface area (Å²) in [5, 5.41) is 4.73. The van der Waals surface area contributed by atoms with Gasteiger partial charge in [-0.1, -0.05) is 6.07 Å². The van der Waals surface area contributed by atoms with Gasteiger partial charge >= 0.3 is 0 Å². The first-order chi connectivity index (χ1) is 10.7. The molecule has 0 unspecified atom stereocenters. The van der Waals surface area contributed by atoms with Crippen molar-refractivity contribution in [3.05, 3.63) is 46.5 Å². The molecule has 3 rings (SSSR count). The molecule has 1 aliphatic rings. The number of hydrogen-bond donors (Lipinski definition) is 1. The summed E-state index contributed by atoms with van der Waals surface area (Å²) < 4.78 is 10.4. The van der Waals surface area contributed by atoms with E-state index in [-0.39, 0.29) is 25.0 Å². The van der Waals surface area contributed by atoms with Crippen molar-refractivity contribution in [3.63, 3.8) is 0 Å². The maximum Gasteiger partial charge on any atom is 0.249 e. The predicted octanol–water partition coefficient (Wildman–Crippen LogP) is 1.38. The Morgan fingerprint density at radius 2 is 2.32 bits per heavy atom. The number of furan rings is 1. The average molecular weight is 320 g/mol. The molecule has 1 aliphatic heterocycles. The molecule has 2 amide bonds. The minimum Gasteiger partial charge on any atom is -0.467 e. The molecule has 1 N–H and O–H groups in total. The third kappa shape index (κ3) is 3.37. The lowest BCUT2D eigenvalue weighted by molar-refractivity contribution is -0.155. The Hall–Kier alpha value is -2.12. The summed E-state index contributed by atoms with van der Waals surface area (Å²) in [5.74, 6) is 0.264. The molecular formula is C15H16N2O4S. The Morgan fingerprint density at radius 1 is 1.41 bits per heavy atom. The smallest absolute Gasteiger partial charge is 0.249 e. The lowest BCUT2D eigenvalue weighted by Crippen LogP contribution is -2.55. The van der Waals surface area contributed by atoms with Gasteiger partial charge in [0.2, 0.25) is 11.8 Å². The number of nitrogens with one attached hydrogen (secondary N) is 1. The lowest BCUT2D eigenvalue weighted by Gasteiger charge is -2.34. The number of ether oxygens (including phenoxy) is 1. The van der Waals surface area contributed by atoms with Gasteiger partial charge in [-0.05, 0) is 23.6 Å². The molecule has 0 aliphatic carbocycles. The first kappa shape index (κ1) is 14.8. The highest BCUT2D eigenvalue weighted by Crippen LogP contribution is 2.17. The van der Waals surface area contributed by atoms with Gasteiger partial charge in [-0.25, -0.2) is 0 Å². The van der Waals surface area contributed by atoms with Gasteiger partial charge in [0.25, 0.3) is 0 Å². The van der Waals surface area contributed by atoms with Gasteiger partial charge in [0.1, 0.15) is 18.4 Å². The monoisotopic (exact) mass is 320 g/mol. The number of rotatable bonds is 5. The molecule has 0 saturated carbocycles. The third-order valence-corrected chi connectivity index (χ3v) is 4.28. The number of morpholine rings is 1. The van der Waals surface area contributed by atoms with E-state index < -0.39 is 6.04 Å². The van der Waals surface area contributed by atoms with Crippen LogP contribution in [0.4, 0.5) is 0 Å². The molecule has 3 heterocycles. The molecule has 0 bridgehead atoms. The Morgan fingerprint density at radius 3 is 3.05 bits per heavy atom. The molecule has 1 fully saturated rings. The number of hydrogen-bond acceptors (Lipinski definition) is 5. The van der Waals surface area contributed by atoms with E-state index in [9.17, 15) is 9.59 Å². The van der Waals surface area contributed by atoms with Crippen molar-refractivity contribution in [2.24, 2.45) is 0 Å². The summed E-state index contributed by atoms with van der Waals surface area (Å²) >= 11 is 1.56. The highest BCUT2D eigenvalue weighted by molar-refractivity contribution is 7.09. The largest absolute Gasteiger partial charge is 0.467 e. The van der Waals surface area contributed by atoms with Crippen LogP contribution in [0.15, 0.2) is 40.3 Å². The second-order valence-electron chi connectivity index (χ2n) is 4.93. The first-order valence-electron chi connectivity index (χ1n) is 6.94. The van der Waals surface area contributed by atoms with Crippen LogP contribution in [0, 0.1) is 0 Å². The number of carbonyl (C=O) groups excluding carboxylic acids is 2. The first-order valence-corrected chi connectivity index (χ1v) is 7.81. The van der Waals surface area contributed by atoms with E-state index in [2.05, 4.69) is 5.32 Å². The van der Waals surface area contributed by atoms with E-state index in [4.69, 9.17) is 9.15 Å². The van der Waals surface area contributed by atoms with Gasteiger partial charge in [0, 0.05) is 4.88 Å². The number of thiophene rings is 1. The van der Waals surface area contributed by atoms with Crippen molar-refractivity contribution in [1.29, 1.82) is 0 Å². The third-order valence-electron chi connectivity index (χ3n) is 3.42. The fourth-order valence-corrected chi connectivity index (χ4v) is 3.00. The van der Waals surface area contributed by atoms with Crippen LogP contribution in [0.3, 0.4) is 0 Å². The second kappa shape index (κ2) is 6.76. The van der Waals surface area contributed by atoms with Gasteiger partial charge < -0.3 is 19.4 Å². The van der Waals surface area contributed by atoms with Gasteiger partial charge in [0.05, 0.1) is 26.0 Å². The van der Waals surface area contributed by atoms with Gasteiger partial charge in [-0.2, -0.15) is 0 Å². The molecule has 2 aromatic rings. The number of nitrogens with zero attached hydrogens (tertiary/aromatic N) is 1. The van der Waals surface area contributed by atoms with Crippen LogP contribution in [0.25, 0.3) is 0 Å². The fraction of sp³-hybridized carbons (Fsp3) is 0.333. The zero-order chi connectivity index (χ0) is 15.4. The van der Waals surface area contributed by atoms with E-state index in [1.54, 1.807) is 34.6 Å². The maximum absolute atomic E-state index is 12.4. The minimum absolute atomic E-state index is 0.0212. The second-order valence-corrected chi connectivity index (χ2v) is 5.96. The fourth-order valence-electron chi connectivity index (χ4n) is 2.30. The zero-order valence-electron chi connectivity index (χ0n) is 11.9. The van der Waals surface area contributed by atoms with E-state index in [0.717, 1.165) is 4.88 Å². The van der Waals surface area contributed by atoms with Crippen molar-refractivity contribution in [2.75, 3.05) is 13.2 Å². The van der Waals surface area contributed by atoms with E-state index in [1.165, 1.54) is 0 Å². The van der Waals surface area contributed by atoms with Crippen LogP contribution in [-0.4, -0.2) is 36.0 Å². The van der Waals surface area contributed by atoms with E-state index in [0.29, 0.717) is 18.8 Å².